The van der Waals surface area contributed by atoms with Crippen molar-refractivity contribution in [2.75, 3.05) is 0 Å². The van der Waals surface area contributed by atoms with Gasteiger partial charge in [0.25, 0.3) is 0 Å². The lowest BCUT2D eigenvalue weighted by Crippen LogP contribution is -2.06. The molecule has 294 valence electrons. The standard InChI is InChI=1S/C57H35N5S/c1-4-16-36(17-5-1)39-28-30-52-45(32-39)44-24-12-15-27-51(44)62(52)57-59-55(38-20-8-3-9-21-38)58-56(60-57)48-35-41(61-49-25-13-10-22-42(49)43-23-11-14-26-50(43)61)34-47-46-33-40(37-18-6-2-7-19-37)29-31-53(46)63-54(47)48/h1-35H. The van der Waals surface area contributed by atoms with Crippen LogP contribution in [-0.4, -0.2) is 24.1 Å². The van der Waals surface area contributed by atoms with Crippen molar-refractivity contribution in [2.24, 2.45) is 0 Å². The summed E-state index contributed by atoms with van der Waals surface area (Å²) in [5.41, 5.74) is 12.0. The Labute approximate surface area is 366 Å². The molecule has 0 saturated heterocycles. The van der Waals surface area contributed by atoms with Gasteiger partial charge in [0.05, 0.1) is 22.1 Å². The first kappa shape index (κ1) is 35.6. The molecule has 0 atom stereocenters. The van der Waals surface area contributed by atoms with E-state index in [1.54, 1.807) is 11.3 Å². The average molecular weight is 822 g/mol. The fourth-order valence-corrected chi connectivity index (χ4v) is 10.6. The fraction of sp³-hybridized carbons (Fsp3) is 0. The zero-order chi connectivity index (χ0) is 41.4. The van der Waals surface area contributed by atoms with Crippen molar-refractivity contribution in [1.29, 1.82) is 0 Å². The predicted octanol–water partition coefficient (Wildman–Crippen LogP) is 15.1. The maximum Gasteiger partial charge on any atom is 0.238 e. The summed E-state index contributed by atoms with van der Waals surface area (Å²) < 4.78 is 6.95. The van der Waals surface area contributed by atoms with Crippen LogP contribution in [0.4, 0.5) is 0 Å². The molecular formula is C57H35N5S. The monoisotopic (exact) mass is 821 g/mol. The normalized spacial score (nSPS) is 11.8. The van der Waals surface area contributed by atoms with Crippen molar-refractivity contribution < 1.29 is 0 Å². The third kappa shape index (κ3) is 5.73. The summed E-state index contributed by atoms with van der Waals surface area (Å²) in [6.07, 6.45) is 0. The second-order valence-corrected chi connectivity index (χ2v) is 17.1. The van der Waals surface area contributed by atoms with E-state index in [9.17, 15) is 0 Å². The summed E-state index contributed by atoms with van der Waals surface area (Å²) in [4.78, 5) is 16.2. The summed E-state index contributed by atoms with van der Waals surface area (Å²) in [5, 5.41) is 7.08. The second kappa shape index (κ2) is 14.2. The van der Waals surface area contributed by atoms with Crippen molar-refractivity contribution >= 4 is 75.1 Å². The maximum absolute atomic E-state index is 5.52. The fourth-order valence-electron chi connectivity index (χ4n) is 9.47. The quantitative estimate of drug-likeness (QED) is 0.168. The number of hydrogen-bond donors (Lipinski definition) is 0. The SMILES string of the molecule is c1ccc(-c2ccc3sc4c(-c5nc(-c6ccccc6)nc(-n6c7ccccc7c7cc(-c8ccccc8)ccc76)n5)cc(-n5c6ccccc6c6ccccc65)cc4c3c2)cc1. The number of para-hydroxylation sites is 3. The van der Waals surface area contributed by atoms with Crippen LogP contribution in [-0.2, 0) is 0 Å². The predicted molar refractivity (Wildman–Crippen MR) is 263 cm³/mol. The van der Waals surface area contributed by atoms with Crippen LogP contribution in [0.15, 0.2) is 212 Å². The molecule has 0 unspecified atom stereocenters. The Balaban J connectivity index is 1.12. The van der Waals surface area contributed by atoms with Crippen LogP contribution in [0.3, 0.4) is 0 Å². The van der Waals surface area contributed by atoms with Crippen LogP contribution >= 0.6 is 11.3 Å². The van der Waals surface area contributed by atoms with E-state index in [-0.39, 0.29) is 0 Å². The molecule has 0 amide bonds. The van der Waals surface area contributed by atoms with E-state index in [1.165, 1.54) is 37.5 Å². The van der Waals surface area contributed by atoms with Gasteiger partial charge in [0.15, 0.2) is 11.6 Å². The second-order valence-electron chi connectivity index (χ2n) is 16.0. The van der Waals surface area contributed by atoms with Gasteiger partial charge in [-0.15, -0.1) is 11.3 Å². The summed E-state index contributed by atoms with van der Waals surface area (Å²) >= 11 is 1.79. The van der Waals surface area contributed by atoms with E-state index < -0.39 is 0 Å². The molecule has 13 aromatic rings. The molecule has 0 bridgehead atoms. The Bertz CT molecular complexity index is 3850. The van der Waals surface area contributed by atoms with Gasteiger partial charge in [0, 0.05) is 58.5 Å². The van der Waals surface area contributed by atoms with Crippen LogP contribution in [0.5, 0.6) is 0 Å². The molecular weight excluding hydrogens is 787 g/mol. The summed E-state index contributed by atoms with van der Waals surface area (Å²) in [7, 11) is 0. The Morgan fingerprint density at radius 2 is 0.810 bits per heavy atom. The van der Waals surface area contributed by atoms with Crippen LogP contribution < -0.4 is 0 Å². The zero-order valence-electron chi connectivity index (χ0n) is 33.9. The summed E-state index contributed by atoms with van der Waals surface area (Å²) in [6.45, 7) is 0. The molecule has 5 nitrogen and oxygen atoms in total. The number of rotatable bonds is 6. The minimum Gasteiger partial charge on any atom is -0.309 e. The minimum absolute atomic E-state index is 0.570. The number of nitrogens with zero attached hydrogens (tertiary/aromatic N) is 5. The van der Waals surface area contributed by atoms with Crippen LogP contribution in [0.2, 0.25) is 0 Å². The molecule has 0 fully saturated rings. The van der Waals surface area contributed by atoms with Crippen LogP contribution in [0, 0.1) is 0 Å². The van der Waals surface area contributed by atoms with Gasteiger partial charge in [-0.05, 0) is 76.9 Å². The van der Waals surface area contributed by atoms with Crippen molar-refractivity contribution in [3.8, 4) is 56.7 Å². The van der Waals surface area contributed by atoms with E-state index >= 15 is 0 Å². The molecule has 9 aromatic carbocycles. The number of thiophene rings is 1. The van der Waals surface area contributed by atoms with Gasteiger partial charge >= 0.3 is 0 Å². The highest BCUT2D eigenvalue weighted by atomic mass is 32.1. The molecule has 0 aliphatic heterocycles. The van der Waals surface area contributed by atoms with E-state index in [4.69, 9.17) is 15.0 Å². The first-order chi connectivity index (χ1) is 31.2. The lowest BCUT2D eigenvalue weighted by atomic mass is 10.0. The first-order valence-electron chi connectivity index (χ1n) is 21.2. The Morgan fingerprint density at radius 1 is 0.317 bits per heavy atom. The highest BCUT2D eigenvalue weighted by molar-refractivity contribution is 7.26. The molecule has 0 aliphatic rings. The first-order valence-corrected chi connectivity index (χ1v) is 22.0. The molecule has 4 aromatic heterocycles. The smallest absolute Gasteiger partial charge is 0.238 e. The van der Waals surface area contributed by atoms with Crippen LogP contribution in [0.25, 0.3) is 120 Å². The van der Waals surface area contributed by atoms with Crippen molar-refractivity contribution in [2.45, 2.75) is 0 Å². The number of aromatic nitrogens is 5. The molecule has 0 radical (unpaired) electrons. The third-order valence-electron chi connectivity index (χ3n) is 12.4. The molecule has 4 heterocycles. The molecule has 6 heteroatoms. The number of fused-ring (bicyclic) bond motifs is 9. The molecule has 63 heavy (non-hydrogen) atoms. The molecule has 0 saturated carbocycles. The number of hydrogen-bond acceptors (Lipinski definition) is 4. The molecule has 0 spiro atoms. The molecule has 0 N–H and O–H groups in total. The highest BCUT2D eigenvalue weighted by Gasteiger charge is 2.23. The maximum atomic E-state index is 5.52. The van der Waals surface area contributed by atoms with Gasteiger partial charge in [-0.1, -0.05) is 158 Å². The van der Waals surface area contributed by atoms with E-state index in [1.807, 2.05) is 18.2 Å². The summed E-state index contributed by atoms with van der Waals surface area (Å²) in [5.74, 6) is 1.80. The molecule has 13 rings (SSSR count). The lowest BCUT2D eigenvalue weighted by Gasteiger charge is -2.14. The highest BCUT2D eigenvalue weighted by Crippen LogP contribution is 2.44. The Morgan fingerprint density at radius 3 is 1.44 bits per heavy atom. The minimum atomic E-state index is 0.570. The van der Waals surface area contributed by atoms with E-state index in [2.05, 4.69) is 203 Å². The average Bonchev–Trinajstić information content (AvgIpc) is 4.02. The van der Waals surface area contributed by atoms with Crippen LogP contribution in [0.1, 0.15) is 0 Å². The third-order valence-corrected chi connectivity index (χ3v) is 13.6. The van der Waals surface area contributed by atoms with Gasteiger partial charge in [-0.25, -0.2) is 4.98 Å². The van der Waals surface area contributed by atoms with Gasteiger partial charge in [0.1, 0.15) is 0 Å². The lowest BCUT2D eigenvalue weighted by molar-refractivity contribution is 0.954. The van der Waals surface area contributed by atoms with Crippen molar-refractivity contribution in [3.63, 3.8) is 0 Å². The van der Waals surface area contributed by atoms with E-state index in [0.717, 1.165) is 65.3 Å². The number of benzene rings is 9. The van der Waals surface area contributed by atoms with Gasteiger partial charge < -0.3 is 4.57 Å². The summed E-state index contributed by atoms with van der Waals surface area (Å²) in [6, 6.07) is 75.6. The largest absolute Gasteiger partial charge is 0.309 e. The zero-order valence-corrected chi connectivity index (χ0v) is 34.7. The Hall–Kier alpha value is -8.19. The Kier molecular flexibility index (Phi) is 8.01. The topological polar surface area (TPSA) is 48.5 Å². The van der Waals surface area contributed by atoms with Gasteiger partial charge in [-0.3, -0.25) is 4.57 Å². The van der Waals surface area contributed by atoms with E-state index in [0.29, 0.717) is 17.6 Å². The van der Waals surface area contributed by atoms with Crippen molar-refractivity contribution in [1.82, 2.24) is 24.1 Å². The molecule has 0 aliphatic carbocycles. The van der Waals surface area contributed by atoms with Crippen molar-refractivity contribution in [3.05, 3.63) is 212 Å². The van der Waals surface area contributed by atoms with Gasteiger partial charge in [0.2, 0.25) is 5.95 Å². The van der Waals surface area contributed by atoms with Gasteiger partial charge in [-0.2, -0.15) is 9.97 Å².